The Hall–Kier alpha value is -0.820. The molecule has 1 aromatic rings. The van der Waals surface area contributed by atoms with E-state index in [1.807, 2.05) is 0 Å². The first-order valence-electron chi connectivity index (χ1n) is 7.00. The summed E-state index contributed by atoms with van der Waals surface area (Å²) < 4.78 is 0. The van der Waals surface area contributed by atoms with Crippen LogP contribution < -0.4 is 5.32 Å². The predicted octanol–water partition coefficient (Wildman–Crippen LogP) is 3.64. The first-order chi connectivity index (χ1) is 8.29. The molecular weight excluding hydrogens is 206 g/mol. The third-order valence-corrected chi connectivity index (χ3v) is 4.22. The van der Waals surface area contributed by atoms with E-state index in [-0.39, 0.29) is 0 Å². The summed E-state index contributed by atoms with van der Waals surface area (Å²) >= 11 is 0. The van der Waals surface area contributed by atoms with Gasteiger partial charge in [-0.2, -0.15) is 0 Å². The van der Waals surface area contributed by atoms with Gasteiger partial charge in [-0.3, -0.25) is 0 Å². The van der Waals surface area contributed by atoms with Gasteiger partial charge in [0.1, 0.15) is 0 Å². The van der Waals surface area contributed by atoms with Crippen LogP contribution >= 0.6 is 0 Å². The predicted molar refractivity (Wildman–Crippen MR) is 74.1 cm³/mol. The second-order valence-electron chi connectivity index (χ2n) is 5.62. The maximum Gasteiger partial charge on any atom is 0.0133 e. The smallest absolute Gasteiger partial charge is 0.0133 e. The van der Waals surface area contributed by atoms with E-state index in [9.17, 15) is 0 Å². The molecule has 1 heteroatoms. The highest BCUT2D eigenvalue weighted by atomic mass is 14.9. The molecule has 0 amide bonds. The zero-order chi connectivity index (χ0) is 12.1. The quantitative estimate of drug-likeness (QED) is 0.834. The van der Waals surface area contributed by atoms with E-state index >= 15 is 0 Å². The molecule has 0 aromatic heterocycles. The van der Waals surface area contributed by atoms with E-state index in [1.54, 1.807) is 0 Å². The molecule has 2 rings (SSSR count). The molecule has 1 nitrogen and oxygen atoms in total. The summed E-state index contributed by atoms with van der Waals surface area (Å²) in [5, 5.41) is 3.54. The Balaban J connectivity index is 1.96. The van der Waals surface area contributed by atoms with Crippen molar-refractivity contribution in [3.8, 4) is 0 Å². The first-order valence-corrected chi connectivity index (χ1v) is 7.00. The molecule has 1 N–H and O–H groups in total. The van der Waals surface area contributed by atoms with Gasteiger partial charge in [-0.25, -0.2) is 0 Å². The van der Waals surface area contributed by atoms with Crippen LogP contribution in [0.4, 0.5) is 0 Å². The van der Waals surface area contributed by atoms with Gasteiger partial charge >= 0.3 is 0 Å². The molecule has 1 aliphatic carbocycles. The number of rotatable bonds is 4. The maximum absolute atomic E-state index is 3.54. The van der Waals surface area contributed by atoms with Crippen LogP contribution in [0, 0.1) is 11.8 Å². The zero-order valence-electron chi connectivity index (χ0n) is 11.2. The molecule has 94 valence electrons. The molecule has 0 spiro atoms. The second kappa shape index (κ2) is 6.20. The van der Waals surface area contributed by atoms with Gasteiger partial charge in [-0.15, -0.1) is 0 Å². The lowest BCUT2D eigenvalue weighted by molar-refractivity contribution is 0.227. The first kappa shape index (κ1) is 12.6. The number of likely N-dealkylation sites (N-methyl/N-ethyl adjacent to an activating group) is 1. The van der Waals surface area contributed by atoms with Gasteiger partial charge in [-0.1, -0.05) is 50.1 Å². The third-order valence-electron chi connectivity index (χ3n) is 4.22. The van der Waals surface area contributed by atoms with Crippen LogP contribution in [0.15, 0.2) is 30.3 Å². The maximum atomic E-state index is 3.54. The molecule has 1 aromatic carbocycles. The fourth-order valence-electron chi connectivity index (χ4n) is 3.22. The summed E-state index contributed by atoms with van der Waals surface area (Å²) in [7, 11) is 2.12. The van der Waals surface area contributed by atoms with Crippen molar-refractivity contribution in [2.45, 2.75) is 45.1 Å². The Kier molecular flexibility index (Phi) is 4.61. The van der Waals surface area contributed by atoms with E-state index in [0.29, 0.717) is 6.04 Å². The molecule has 17 heavy (non-hydrogen) atoms. The fraction of sp³-hybridized carbons (Fsp3) is 0.625. The SMILES string of the molecule is CNC(Cc1ccccc1)C1CCCC(C)C1. The minimum absolute atomic E-state index is 0.653. The Morgan fingerprint density at radius 3 is 2.65 bits per heavy atom. The number of nitrogens with one attached hydrogen (secondary N) is 1. The van der Waals surface area contributed by atoms with Gasteiger partial charge in [-0.05, 0) is 43.7 Å². The van der Waals surface area contributed by atoms with E-state index in [2.05, 4.69) is 49.6 Å². The normalized spacial score (nSPS) is 26.7. The Bertz CT molecular complexity index is 320. The minimum atomic E-state index is 0.653. The van der Waals surface area contributed by atoms with Crippen LogP contribution in [-0.2, 0) is 6.42 Å². The van der Waals surface area contributed by atoms with Crippen LogP contribution in [0.1, 0.15) is 38.2 Å². The molecule has 0 saturated heterocycles. The summed E-state index contributed by atoms with van der Waals surface area (Å²) in [4.78, 5) is 0. The highest BCUT2D eigenvalue weighted by Crippen LogP contribution is 2.31. The lowest BCUT2D eigenvalue weighted by Gasteiger charge is -2.33. The van der Waals surface area contributed by atoms with Crippen molar-refractivity contribution in [3.63, 3.8) is 0 Å². The van der Waals surface area contributed by atoms with Crippen molar-refractivity contribution in [2.75, 3.05) is 7.05 Å². The topological polar surface area (TPSA) is 12.0 Å². The molecule has 3 atom stereocenters. The van der Waals surface area contributed by atoms with Crippen molar-refractivity contribution in [1.82, 2.24) is 5.32 Å². The van der Waals surface area contributed by atoms with E-state index in [1.165, 1.54) is 37.7 Å². The lowest BCUT2D eigenvalue weighted by atomic mass is 9.77. The Morgan fingerprint density at radius 2 is 2.00 bits per heavy atom. The largest absolute Gasteiger partial charge is 0.316 e. The van der Waals surface area contributed by atoms with Gasteiger partial charge in [0.25, 0.3) is 0 Å². The van der Waals surface area contributed by atoms with Crippen molar-refractivity contribution in [3.05, 3.63) is 35.9 Å². The summed E-state index contributed by atoms with van der Waals surface area (Å²) in [6.07, 6.45) is 6.83. The monoisotopic (exact) mass is 231 g/mol. The van der Waals surface area contributed by atoms with E-state index in [4.69, 9.17) is 0 Å². The van der Waals surface area contributed by atoms with Crippen molar-refractivity contribution in [2.24, 2.45) is 11.8 Å². The zero-order valence-corrected chi connectivity index (χ0v) is 11.2. The second-order valence-corrected chi connectivity index (χ2v) is 5.62. The fourth-order valence-corrected chi connectivity index (χ4v) is 3.22. The van der Waals surface area contributed by atoms with Crippen molar-refractivity contribution in [1.29, 1.82) is 0 Å². The molecule has 1 fully saturated rings. The van der Waals surface area contributed by atoms with E-state index in [0.717, 1.165) is 11.8 Å². The Labute approximate surface area is 106 Å². The van der Waals surface area contributed by atoms with Crippen LogP contribution in [-0.4, -0.2) is 13.1 Å². The van der Waals surface area contributed by atoms with Crippen LogP contribution in [0.2, 0.25) is 0 Å². The minimum Gasteiger partial charge on any atom is -0.316 e. The van der Waals surface area contributed by atoms with Crippen LogP contribution in [0.25, 0.3) is 0 Å². The average molecular weight is 231 g/mol. The summed E-state index contributed by atoms with van der Waals surface area (Å²) in [5.41, 5.74) is 1.46. The van der Waals surface area contributed by atoms with Crippen molar-refractivity contribution >= 4 is 0 Å². The summed E-state index contributed by atoms with van der Waals surface area (Å²) in [6, 6.07) is 11.5. The standard InChI is InChI=1S/C16H25N/c1-13-7-6-10-15(11-13)16(17-2)12-14-8-4-3-5-9-14/h3-5,8-9,13,15-17H,6-7,10-12H2,1-2H3. The van der Waals surface area contributed by atoms with Crippen LogP contribution in [0.3, 0.4) is 0 Å². The molecule has 0 bridgehead atoms. The van der Waals surface area contributed by atoms with E-state index < -0.39 is 0 Å². The average Bonchev–Trinajstić information content (AvgIpc) is 2.37. The molecule has 1 saturated carbocycles. The molecule has 0 aliphatic heterocycles. The number of benzene rings is 1. The Morgan fingerprint density at radius 1 is 1.24 bits per heavy atom. The van der Waals surface area contributed by atoms with Crippen LogP contribution in [0.5, 0.6) is 0 Å². The van der Waals surface area contributed by atoms with Gasteiger partial charge in [0.05, 0.1) is 0 Å². The highest BCUT2D eigenvalue weighted by Gasteiger charge is 2.25. The molecule has 3 unspecified atom stereocenters. The molecular formula is C16H25N. The van der Waals surface area contributed by atoms with Gasteiger partial charge in [0, 0.05) is 6.04 Å². The lowest BCUT2D eigenvalue weighted by Crippen LogP contribution is -2.37. The molecule has 1 aliphatic rings. The van der Waals surface area contributed by atoms with Gasteiger partial charge in [0.2, 0.25) is 0 Å². The third kappa shape index (κ3) is 3.57. The number of hydrogen-bond acceptors (Lipinski definition) is 1. The molecule has 0 heterocycles. The number of hydrogen-bond donors (Lipinski definition) is 1. The van der Waals surface area contributed by atoms with Crippen molar-refractivity contribution < 1.29 is 0 Å². The highest BCUT2D eigenvalue weighted by molar-refractivity contribution is 5.16. The van der Waals surface area contributed by atoms with Gasteiger partial charge in [0.15, 0.2) is 0 Å². The summed E-state index contributed by atoms with van der Waals surface area (Å²) in [5.74, 6) is 1.78. The summed E-state index contributed by atoms with van der Waals surface area (Å²) in [6.45, 7) is 2.40. The molecule has 0 radical (unpaired) electrons. The van der Waals surface area contributed by atoms with Gasteiger partial charge < -0.3 is 5.32 Å².